The fourth-order valence-electron chi connectivity index (χ4n) is 3.40. The monoisotopic (exact) mass is 400 g/mol. The zero-order chi connectivity index (χ0) is 19.7. The first-order valence-electron chi connectivity index (χ1n) is 9.16. The lowest BCUT2D eigenvalue weighted by atomic mass is 10.2. The number of benzene rings is 1. The molecule has 146 valence electrons. The summed E-state index contributed by atoms with van der Waals surface area (Å²) >= 11 is 6.59. The highest BCUT2D eigenvalue weighted by atomic mass is 35.5. The zero-order valence-electron chi connectivity index (χ0n) is 15.7. The summed E-state index contributed by atoms with van der Waals surface area (Å²) in [6, 6.07) is 7.51. The third kappa shape index (κ3) is 3.43. The molecule has 0 saturated carbocycles. The Hall–Kier alpha value is -2.64. The van der Waals surface area contributed by atoms with Gasteiger partial charge in [-0.2, -0.15) is 5.10 Å². The molecular weight excluding hydrogens is 380 g/mol. The van der Waals surface area contributed by atoms with E-state index >= 15 is 0 Å². The molecule has 1 aliphatic rings. The second kappa shape index (κ2) is 7.77. The van der Waals surface area contributed by atoms with E-state index in [0.717, 1.165) is 30.9 Å². The molecule has 4 rings (SSSR count). The highest BCUT2D eigenvalue weighted by Gasteiger charge is 2.22. The van der Waals surface area contributed by atoms with Gasteiger partial charge in [0.15, 0.2) is 5.65 Å². The van der Waals surface area contributed by atoms with Crippen molar-refractivity contribution in [1.82, 2.24) is 20.1 Å². The largest absolute Gasteiger partial charge is 0.497 e. The summed E-state index contributed by atoms with van der Waals surface area (Å²) in [7, 11) is 1.61. The molecule has 1 atom stereocenters. The number of carbonyl (C=O) groups excluding carboxylic acids is 1. The van der Waals surface area contributed by atoms with Crippen molar-refractivity contribution in [3.63, 3.8) is 0 Å². The van der Waals surface area contributed by atoms with E-state index in [1.165, 1.54) is 6.20 Å². The maximum atomic E-state index is 12.6. The number of rotatable bonds is 5. The van der Waals surface area contributed by atoms with Crippen LogP contribution < -0.4 is 10.1 Å². The Morgan fingerprint density at radius 1 is 1.46 bits per heavy atom. The fourth-order valence-corrected chi connectivity index (χ4v) is 3.75. The molecular formula is C20H21ClN4O3. The molecule has 8 heteroatoms. The molecule has 7 nitrogen and oxygen atoms in total. The van der Waals surface area contributed by atoms with Gasteiger partial charge in [-0.3, -0.25) is 4.79 Å². The molecule has 0 spiro atoms. The van der Waals surface area contributed by atoms with Crippen molar-refractivity contribution in [2.24, 2.45) is 0 Å². The highest BCUT2D eigenvalue weighted by molar-refractivity contribution is 6.38. The maximum absolute atomic E-state index is 12.6. The predicted molar refractivity (Wildman–Crippen MR) is 106 cm³/mol. The molecule has 1 amide bonds. The van der Waals surface area contributed by atoms with Crippen LogP contribution in [0.5, 0.6) is 5.75 Å². The van der Waals surface area contributed by atoms with Crippen molar-refractivity contribution in [3.8, 4) is 11.4 Å². The van der Waals surface area contributed by atoms with Crippen molar-refractivity contribution in [2.75, 3.05) is 20.3 Å². The Morgan fingerprint density at radius 2 is 2.32 bits per heavy atom. The van der Waals surface area contributed by atoms with Crippen LogP contribution in [0, 0.1) is 6.92 Å². The summed E-state index contributed by atoms with van der Waals surface area (Å²) in [5.41, 5.74) is 2.42. The van der Waals surface area contributed by atoms with Crippen LogP contribution in [0.15, 0.2) is 30.5 Å². The lowest BCUT2D eigenvalue weighted by Crippen LogP contribution is -2.32. The number of fused-ring (bicyclic) bond motifs is 1. The first-order chi connectivity index (χ1) is 13.6. The van der Waals surface area contributed by atoms with Crippen LogP contribution in [-0.2, 0) is 4.74 Å². The molecule has 28 heavy (non-hydrogen) atoms. The number of aromatic nitrogens is 3. The summed E-state index contributed by atoms with van der Waals surface area (Å²) in [4.78, 5) is 17.1. The first kappa shape index (κ1) is 18.7. The number of aryl methyl sites for hydroxylation is 1. The molecule has 3 heterocycles. The lowest BCUT2D eigenvalue weighted by Gasteiger charge is -2.12. The van der Waals surface area contributed by atoms with Crippen LogP contribution in [0.4, 0.5) is 0 Å². The summed E-state index contributed by atoms with van der Waals surface area (Å²) in [5, 5.41) is 8.47. The zero-order valence-corrected chi connectivity index (χ0v) is 16.5. The Bertz CT molecular complexity index is 1030. The van der Waals surface area contributed by atoms with Crippen molar-refractivity contribution < 1.29 is 14.3 Å². The van der Waals surface area contributed by atoms with Crippen LogP contribution in [0.1, 0.15) is 28.9 Å². The van der Waals surface area contributed by atoms with Gasteiger partial charge in [-0.05, 0) is 31.9 Å². The van der Waals surface area contributed by atoms with Crippen LogP contribution in [0.2, 0.25) is 5.02 Å². The number of hydrogen-bond acceptors (Lipinski definition) is 5. The van der Waals surface area contributed by atoms with E-state index in [0.29, 0.717) is 33.9 Å². The maximum Gasteiger partial charge on any atom is 0.254 e. The molecule has 2 aromatic heterocycles. The minimum atomic E-state index is -0.261. The van der Waals surface area contributed by atoms with Gasteiger partial charge in [-0.15, -0.1) is 0 Å². The number of nitrogens with one attached hydrogen (secondary N) is 1. The molecule has 1 saturated heterocycles. The second-order valence-corrected chi connectivity index (χ2v) is 7.11. The van der Waals surface area contributed by atoms with Gasteiger partial charge in [0.05, 0.1) is 40.6 Å². The molecule has 1 aromatic carbocycles. The van der Waals surface area contributed by atoms with E-state index in [9.17, 15) is 4.79 Å². The first-order valence-corrected chi connectivity index (χ1v) is 9.54. The van der Waals surface area contributed by atoms with Crippen molar-refractivity contribution >= 4 is 28.5 Å². The van der Waals surface area contributed by atoms with E-state index in [1.54, 1.807) is 11.8 Å². The van der Waals surface area contributed by atoms with E-state index in [-0.39, 0.29) is 12.0 Å². The Labute approximate surface area is 167 Å². The standard InChI is InChI=1S/C20H21ClN4O3/c1-12-17-18(21)16(20(26)23-10-15-7-4-8-28-15)11-22-19(17)25(24-12)13-5-3-6-14(9-13)27-2/h3,5-6,9,11,15H,4,7-8,10H2,1-2H3,(H,23,26)/t15-/m0/s1. The van der Waals surface area contributed by atoms with Crippen molar-refractivity contribution in [1.29, 1.82) is 0 Å². The number of carbonyl (C=O) groups is 1. The molecule has 0 radical (unpaired) electrons. The Balaban J connectivity index is 1.67. The smallest absolute Gasteiger partial charge is 0.254 e. The van der Waals surface area contributed by atoms with Gasteiger partial charge in [0.25, 0.3) is 5.91 Å². The molecule has 0 unspecified atom stereocenters. The predicted octanol–water partition coefficient (Wildman–Crippen LogP) is 3.30. The van der Waals surface area contributed by atoms with Crippen LogP contribution in [0.3, 0.4) is 0 Å². The van der Waals surface area contributed by atoms with E-state index < -0.39 is 0 Å². The number of hydrogen-bond donors (Lipinski definition) is 1. The summed E-state index contributed by atoms with van der Waals surface area (Å²) in [6.45, 7) is 3.06. The Morgan fingerprint density at radius 3 is 3.07 bits per heavy atom. The van der Waals surface area contributed by atoms with Crippen LogP contribution in [-0.4, -0.2) is 47.0 Å². The summed E-state index contributed by atoms with van der Waals surface area (Å²) < 4.78 is 12.5. The number of methoxy groups -OCH3 is 1. The van der Waals surface area contributed by atoms with Gasteiger partial charge in [0.1, 0.15) is 5.75 Å². The lowest BCUT2D eigenvalue weighted by molar-refractivity contribution is 0.0857. The van der Waals surface area contributed by atoms with E-state index in [4.69, 9.17) is 21.1 Å². The van der Waals surface area contributed by atoms with Crippen LogP contribution >= 0.6 is 11.6 Å². The third-order valence-corrected chi connectivity index (χ3v) is 5.26. The van der Waals surface area contributed by atoms with Gasteiger partial charge >= 0.3 is 0 Å². The molecule has 1 fully saturated rings. The fraction of sp³-hybridized carbons (Fsp3) is 0.350. The number of amides is 1. The minimum absolute atomic E-state index is 0.0666. The van der Waals surface area contributed by atoms with Gasteiger partial charge in [0.2, 0.25) is 0 Å². The number of nitrogens with zero attached hydrogens (tertiary/aromatic N) is 3. The number of ether oxygens (including phenoxy) is 2. The van der Waals surface area contributed by atoms with E-state index in [1.807, 2.05) is 31.2 Å². The van der Waals surface area contributed by atoms with Crippen molar-refractivity contribution in [2.45, 2.75) is 25.9 Å². The summed E-state index contributed by atoms with van der Waals surface area (Å²) in [5.74, 6) is 0.457. The molecule has 0 aliphatic carbocycles. The second-order valence-electron chi connectivity index (χ2n) is 6.73. The summed E-state index contributed by atoms with van der Waals surface area (Å²) in [6.07, 6.45) is 3.54. The Kier molecular flexibility index (Phi) is 5.19. The van der Waals surface area contributed by atoms with Gasteiger partial charge in [-0.1, -0.05) is 17.7 Å². The topological polar surface area (TPSA) is 78.3 Å². The quantitative estimate of drug-likeness (QED) is 0.711. The molecule has 0 bridgehead atoms. The average Bonchev–Trinajstić information content (AvgIpc) is 3.34. The van der Waals surface area contributed by atoms with E-state index in [2.05, 4.69) is 15.4 Å². The average molecular weight is 401 g/mol. The van der Waals surface area contributed by atoms with Crippen LogP contribution in [0.25, 0.3) is 16.7 Å². The minimum Gasteiger partial charge on any atom is -0.497 e. The van der Waals surface area contributed by atoms with Gasteiger partial charge in [0, 0.05) is 25.4 Å². The highest BCUT2D eigenvalue weighted by Crippen LogP contribution is 2.30. The van der Waals surface area contributed by atoms with Gasteiger partial charge < -0.3 is 14.8 Å². The third-order valence-electron chi connectivity index (χ3n) is 4.86. The van der Waals surface area contributed by atoms with Crippen molar-refractivity contribution in [3.05, 3.63) is 46.7 Å². The molecule has 1 N–H and O–H groups in total. The molecule has 1 aliphatic heterocycles. The number of pyridine rings is 1. The SMILES string of the molecule is COc1cccc(-n2nc(C)c3c(Cl)c(C(=O)NC[C@@H]4CCCO4)cnc32)c1. The number of halogens is 1. The normalized spacial score (nSPS) is 16.5. The van der Waals surface area contributed by atoms with Gasteiger partial charge in [-0.25, -0.2) is 9.67 Å². The molecule has 3 aromatic rings.